The van der Waals surface area contributed by atoms with E-state index >= 15 is 0 Å². The van der Waals surface area contributed by atoms with Gasteiger partial charge in [0.25, 0.3) is 0 Å². The minimum atomic E-state index is -3.54. The molecule has 0 saturated carbocycles. The third kappa shape index (κ3) is 4.06. The van der Waals surface area contributed by atoms with Crippen LogP contribution in [0.2, 0.25) is 0 Å². The van der Waals surface area contributed by atoms with Gasteiger partial charge >= 0.3 is 0 Å². The summed E-state index contributed by atoms with van der Waals surface area (Å²) < 4.78 is 30.0. The predicted molar refractivity (Wildman–Crippen MR) is 105 cm³/mol. The molecule has 0 radical (unpaired) electrons. The monoisotopic (exact) mass is 368 g/mol. The van der Waals surface area contributed by atoms with E-state index in [-0.39, 0.29) is 6.54 Å². The van der Waals surface area contributed by atoms with Gasteiger partial charge in [-0.25, -0.2) is 13.1 Å². The van der Waals surface area contributed by atoms with Crippen molar-refractivity contribution in [3.63, 3.8) is 0 Å². The Bertz CT molecular complexity index is 1020. The molecule has 0 aliphatic rings. The highest BCUT2D eigenvalue weighted by Crippen LogP contribution is 2.16. The molecule has 4 nitrogen and oxygen atoms in total. The fourth-order valence-corrected chi connectivity index (χ4v) is 3.95. The lowest BCUT2D eigenvalue weighted by atomic mass is 10.1. The molecule has 0 unspecified atom stereocenters. The lowest BCUT2D eigenvalue weighted by Gasteiger charge is -2.13. The molecule has 1 aromatic heterocycles. The van der Waals surface area contributed by atoms with Crippen LogP contribution in [-0.2, 0) is 23.1 Å². The summed E-state index contributed by atoms with van der Waals surface area (Å²) in [6.07, 6.45) is 1.98. The van der Waals surface area contributed by atoms with Gasteiger partial charge in [-0.3, -0.25) is 0 Å². The highest BCUT2D eigenvalue weighted by molar-refractivity contribution is 7.89. The Morgan fingerprint density at radius 1 is 0.885 bits per heavy atom. The molecule has 0 amide bonds. The van der Waals surface area contributed by atoms with E-state index in [2.05, 4.69) is 28.3 Å². The topological polar surface area (TPSA) is 51.1 Å². The molecule has 0 aliphatic carbocycles. The molecule has 0 atom stereocenters. The van der Waals surface area contributed by atoms with Gasteiger partial charge in [0.2, 0.25) is 10.0 Å². The molecular weight excluding hydrogens is 344 g/mol. The predicted octanol–water partition coefficient (Wildman–Crippen LogP) is 3.94. The third-order valence-corrected chi connectivity index (χ3v) is 6.16. The molecule has 136 valence electrons. The molecule has 2 aromatic carbocycles. The number of nitrogens with one attached hydrogen (secondary N) is 1. The van der Waals surface area contributed by atoms with E-state index < -0.39 is 10.0 Å². The molecule has 3 rings (SSSR count). The molecule has 26 heavy (non-hydrogen) atoms. The first-order valence-corrected chi connectivity index (χ1v) is 10.1. The zero-order valence-electron chi connectivity index (χ0n) is 15.4. The van der Waals surface area contributed by atoms with E-state index in [9.17, 15) is 8.42 Å². The van der Waals surface area contributed by atoms with Crippen LogP contribution in [0.4, 0.5) is 0 Å². The van der Waals surface area contributed by atoms with Crippen molar-refractivity contribution >= 4 is 10.0 Å². The molecule has 3 aromatic rings. The van der Waals surface area contributed by atoms with Crippen molar-refractivity contribution in [2.24, 2.45) is 0 Å². The summed E-state index contributed by atoms with van der Waals surface area (Å²) in [6, 6.07) is 17.3. The molecule has 5 heteroatoms. The number of benzene rings is 2. The van der Waals surface area contributed by atoms with Crippen LogP contribution in [-0.4, -0.2) is 13.0 Å². The Kier molecular flexibility index (Phi) is 5.30. The quantitative estimate of drug-likeness (QED) is 0.716. The number of nitrogens with zero attached hydrogens (tertiary/aromatic N) is 1. The maximum atomic E-state index is 12.6. The van der Waals surface area contributed by atoms with Crippen LogP contribution in [0, 0.1) is 20.8 Å². The number of sulfonamides is 1. The standard InChI is InChI=1S/C21H24N2O2S/c1-16-10-11-21(13-18(16)3)26(24,25)22-14-20-9-6-12-23(20)15-19-8-5-4-7-17(19)2/h4-13,22H,14-15H2,1-3H3. The number of aromatic nitrogens is 1. The number of hydrogen-bond acceptors (Lipinski definition) is 2. The summed E-state index contributed by atoms with van der Waals surface area (Å²) in [7, 11) is -3.54. The van der Waals surface area contributed by atoms with Gasteiger partial charge in [0.05, 0.1) is 11.4 Å². The lowest BCUT2D eigenvalue weighted by molar-refractivity contribution is 0.578. The van der Waals surface area contributed by atoms with Gasteiger partial charge in [-0.15, -0.1) is 0 Å². The zero-order valence-corrected chi connectivity index (χ0v) is 16.2. The van der Waals surface area contributed by atoms with Gasteiger partial charge in [-0.1, -0.05) is 30.3 Å². The molecule has 0 spiro atoms. The van der Waals surface area contributed by atoms with E-state index in [0.717, 1.165) is 23.4 Å². The Morgan fingerprint density at radius 3 is 2.38 bits per heavy atom. The largest absolute Gasteiger partial charge is 0.346 e. The molecule has 0 bridgehead atoms. The minimum absolute atomic E-state index is 0.258. The third-order valence-electron chi connectivity index (χ3n) is 4.76. The summed E-state index contributed by atoms with van der Waals surface area (Å²) in [6.45, 7) is 6.95. The molecule has 0 fully saturated rings. The van der Waals surface area contributed by atoms with Crippen molar-refractivity contribution in [3.8, 4) is 0 Å². The molecular formula is C21H24N2O2S. The summed E-state index contributed by atoms with van der Waals surface area (Å²) >= 11 is 0. The highest BCUT2D eigenvalue weighted by atomic mass is 32.2. The summed E-state index contributed by atoms with van der Waals surface area (Å²) in [4.78, 5) is 0.303. The summed E-state index contributed by atoms with van der Waals surface area (Å²) in [5.74, 6) is 0. The molecule has 0 saturated heterocycles. The minimum Gasteiger partial charge on any atom is -0.346 e. The maximum Gasteiger partial charge on any atom is 0.240 e. The second kappa shape index (κ2) is 7.48. The van der Waals surface area contributed by atoms with E-state index in [0.29, 0.717) is 4.90 Å². The van der Waals surface area contributed by atoms with Crippen molar-refractivity contribution in [3.05, 3.63) is 88.7 Å². The van der Waals surface area contributed by atoms with Crippen molar-refractivity contribution in [1.29, 1.82) is 0 Å². The zero-order chi connectivity index (χ0) is 18.7. The Labute approximate surface area is 155 Å². The summed E-state index contributed by atoms with van der Waals surface area (Å²) in [5.41, 5.74) is 5.43. The van der Waals surface area contributed by atoms with Gasteiger partial charge in [0, 0.05) is 18.4 Å². The maximum absolute atomic E-state index is 12.6. The average molecular weight is 369 g/mol. The highest BCUT2D eigenvalue weighted by Gasteiger charge is 2.15. The van der Waals surface area contributed by atoms with Crippen LogP contribution >= 0.6 is 0 Å². The van der Waals surface area contributed by atoms with Crippen LogP contribution in [0.5, 0.6) is 0 Å². The second-order valence-electron chi connectivity index (χ2n) is 6.62. The smallest absolute Gasteiger partial charge is 0.240 e. The van der Waals surface area contributed by atoms with Gasteiger partial charge in [0.1, 0.15) is 0 Å². The lowest BCUT2D eigenvalue weighted by Crippen LogP contribution is -2.24. The fourth-order valence-electron chi connectivity index (χ4n) is 2.87. The van der Waals surface area contributed by atoms with Crippen molar-refractivity contribution in [2.45, 2.75) is 38.8 Å². The SMILES string of the molecule is Cc1ccc(S(=O)(=O)NCc2cccn2Cc2ccccc2C)cc1C. The van der Waals surface area contributed by atoms with E-state index in [1.807, 2.05) is 50.4 Å². The van der Waals surface area contributed by atoms with Crippen LogP contribution in [0.15, 0.2) is 65.7 Å². The molecule has 1 heterocycles. The number of rotatable bonds is 6. The van der Waals surface area contributed by atoms with Crippen molar-refractivity contribution in [2.75, 3.05) is 0 Å². The Balaban J connectivity index is 1.75. The van der Waals surface area contributed by atoms with Gasteiger partial charge in [-0.2, -0.15) is 0 Å². The van der Waals surface area contributed by atoms with E-state index in [1.54, 1.807) is 12.1 Å². The van der Waals surface area contributed by atoms with Gasteiger partial charge < -0.3 is 4.57 Å². The number of hydrogen-bond donors (Lipinski definition) is 1. The van der Waals surface area contributed by atoms with Gasteiger partial charge in [0.15, 0.2) is 0 Å². The first-order valence-electron chi connectivity index (χ1n) is 8.62. The van der Waals surface area contributed by atoms with Crippen molar-refractivity contribution < 1.29 is 8.42 Å². The van der Waals surface area contributed by atoms with Crippen LogP contribution < -0.4 is 4.72 Å². The van der Waals surface area contributed by atoms with Gasteiger partial charge in [-0.05, 0) is 67.3 Å². The normalized spacial score (nSPS) is 11.7. The second-order valence-corrected chi connectivity index (χ2v) is 8.39. The first-order chi connectivity index (χ1) is 12.4. The molecule has 1 N–H and O–H groups in total. The molecule has 0 aliphatic heterocycles. The number of aryl methyl sites for hydroxylation is 3. The fraction of sp³-hybridized carbons (Fsp3) is 0.238. The Morgan fingerprint density at radius 2 is 1.65 bits per heavy atom. The van der Waals surface area contributed by atoms with Crippen LogP contribution in [0.3, 0.4) is 0 Å². The first kappa shape index (κ1) is 18.4. The summed E-state index contributed by atoms with van der Waals surface area (Å²) in [5, 5.41) is 0. The van der Waals surface area contributed by atoms with Crippen molar-refractivity contribution in [1.82, 2.24) is 9.29 Å². The van der Waals surface area contributed by atoms with E-state index in [1.165, 1.54) is 11.1 Å². The van der Waals surface area contributed by atoms with Crippen LogP contribution in [0.1, 0.15) is 27.9 Å². The van der Waals surface area contributed by atoms with Crippen LogP contribution in [0.25, 0.3) is 0 Å². The average Bonchev–Trinajstić information content (AvgIpc) is 3.05. The Hall–Kier alpha value is -2.37. The van der Waals surface area contributed by atoms with E-state index in [4.69, 9.17) is 0 Å².